The van der Waals surface area contributed by atoms with E-state index in [4.69, 9.17) is 0 Å². The van der Waals surface area contributed by atoms with Gasteiger partial charge in [0.15, 0.2) is 5.82 Å². The Morgan fingerprint density at radius 3 is 2.94 bits per heavy atom. The van der Waals surface area contributed by atoms with Crippen LogP contribution in [0.2, 0.25) is 0 Å². The average Bonchev–Trinajstić information content (AvgIpc) is 2.85. The summed E-state index contributed by atoms with van der Waals surface area (Å²) in [6.07, 6.45) is -0.0190. The zero-order valence-corrected chi connectivity index (χ0v) is 9.72. The van der Waals surface area contributed by atoms with Gasteiger partial charge in [0, 0.05) is 0 Å². The highest BCUT2D eigenvalue weighted by atomic mass is 19.1. The minimum Gasteiger partial charge on any atom is -0.346 e. The standard InChI is InChI=1S/C11H12FN5O/c1-7(11-14-16-17-15-11)13-10(18)6-8-4-2-3-5-9(8)12/h2-5,7H,6H2,1H3,(H,13,18)(H,14,15,16,17). The molecule has 1 atom stereocenters. The molecule has 1 unspecified atom stereocenters. The fourth-order valence-corrected chi connectivity index (χ4v) is 1.52. The van der Waals surface area contributed by atoms with E-state index in [-0.39, 0.29) is 24.2 Å². The molecule has 1 heterocycles. The molecule has 0 saturated carbocycles. The van der Waals surface area contributed by atoms with Gasteiger partial charge in [-0.2, -0.15) is 5.21 Å². The van der Waals surface area contributed by atoms with Crippen LogP contribution in [0.4, 0.5) is 4.39 Å². The van der Waals surface area contributed by atoms with Gasteiger partial charge in [-0.25, -0.2) is 4.39 Å². The summed E-state index contributed by atoms with van der Waals surface area (Å²) in [4.78, 5) is 11.7. The van der Waals surface area contributed by atoms with Gasteiger partial charge in [0.2, 0.25) is 5.91 Å². The van der Waals surface area contributed by atoms with Gasteiger partial charge in [-0.1, -0.05) is 23.4 Å². The van der Waals surface area contributed by atoms with Crippen molar-refractivity contribution >= 4 is 5.91 Å². The fourth-order valence-electron chi connectivity index (χ4n) is 1.52. The van der Waals surface area contributed by atoms with Gasteiger partial charge in [-0.15, -0.1) is 10.2 Å². The molecule has 0 aliphatic carbocycles. The van der Waals surface area contributed by atoms with Gasteiger partial charge >= 0.3 is 0 Å². The van der Waals surface area contributed by atoms with E-state index in [2.05, 4.69) is 25.9 Å². The number of halogens is 1. The lowest BCUT2D eigenvalue weighted by atomic mass is 10.1. The maximum Gasteiger partial charge on any atom is 0.225 e. The number of benzene rings is 1. The van der Waals surface area contributed by atoms with E-state index in [1.807, 2.05) is 0 Å². The molecule has 2 N–H and O–H groups in total. The molecule has 0 aliphatic rings. The van der Waals surface area contributed by atoms with Crippen LogP contribution in [0.1, 0.15) is 24.4 Å². The molecule has 0 saturated heterocycles. The van der Waals surface area contributed by atoms with E-state index in [0.717, 1.165) is 0 Å². The Kier molecular flexibility index (Phi) is 3.61. The second-order valence-corrected chi connectivity index (χ2v) is 3.83. The molecule has 1 amide bonds. The Balaban J connectivity index is 1.95. The summed E-state index contributed by atoms with van der Waals surface area (Å²) in [6.45, 7) is 1.73. The number of amides is 1. The lowest BCUT2D eigenvalue weighted by molar-refractivity contribution is -0.121. The molecule has 7 heteroatoms. The van der Waals surface area contributed by atoms with Crippen LogP contribution in [0.15, 0.2) is 24.3 Å². The Bertz CT molecular complexity index is 528. The molecule has 0 fully saturated rings. The Hall–Kier alpha value is -2.31. The second kappa shape index (κ2) is 5.35. The zero-order valence-electron chi connectivity index (χ0n) is 9.72. The predicted octanol–water partition coefficient (Wildman–Crippen LogP) is 0.759. The topological polar surface area (TPSA) is 83.6 Å². The van der Waals surface area contributed by atoms with Gasteiger partial charge in [-0.3, -0.25) is 4.79 Å². The first kappa shape index (κ1) is 12.2. The average molecular weight is 249 g/mol. The first-order valence-corrected chi connectivity index (χ1v) is 5.43. The van der Waals surface area contributed by atoms with Crippen molar-refractivity contribution in [3.63, 3.8) is 0 Å². The van der Waals surface area contributed by atoms with Crippen LogP contribution in [0, 0.1) is 5.82 Å². The maximum atomic E-state index is 13.3. The molecule has 1 aromatic carbocycles. The number of nitrogens with one attached hydrogen (secondary N) is 2. The number of carbonyl (C=O) groups excluding carboxylic acids is 1. The Morgan fingerprint density at radius 1 is 1.50 bits per heavy atom. The minimum absolute atomic E-state index is 0.0190. The number of carbonyl (C=O) groups is 1. The van der Waals surface area contributed by atoms with E-state index in [9.17, 15) is 9.18 Å². The molecule has 0 aliphatic heterocycles. The zero-order chi connectivity index (χ0) is 13.0. The summed E-state index contributed by atoms with van der Waals surface area (Å²) in [5, 5.41) is 15.9. The summed E-state index contributed by atoms with van der Waals surface area (Å²) in [7, 11) is 0. The van der Waals surface area contributed by atoms with Gasteiger partial charge in [0.1, 0.15) is 5.82 Å². The number of nitrogens with zero attached hydrogens (tertiary/aromatic N) is 3. The number of rotatable bonds is 4. The minimum atomic E-state index is -0.389. The smallest absolute Gasteiger partial charge is 0.225 e. The molecular weight excluding hydrogens is 237 g/mol. The summed E-state index contributed by atoms with van der Waals surface area (Å²) in [6, 6.07) is 5.80. The lowest BCUT2D eigenvalue weighted by Gasteiger charge is -2.10. The van der Waals surface area contributed by atoms with E-state index in [0.29, 0.717) is 11.4 Å². The molecule has 2 aromatic rings. The summed E-state index contributed by atoms with van der Waals surface area (Å²) in [5.74, 6) is -0.297. The highest BCUT2D eigenvalue weighted by Gasteiger charge is 2.14. The fraction of sp³-hybridized carbons (Fsp3) is 0.273. The first-order chi connectivity index (χ1) is 8.66. The lowest BCUT2D eigenvalue weighted by Crippen LogP contribution is -2.29. The van der Waals surface area contributed by atoms with E-state index >= 15 is 0 Å². The molecule has 0 radical (unpaired) electrons. The number of aromatic amines is 1. The molecule has 18 heavy (non-hydrogen) atoms. The van der Waals surface area contributed by atoms with Crippen LogP contribution in [0.3, 0.4) is 0 Å². The quantitative estimate of drug-likeness (QED) is 0.837. The van der Waals surface area contributed by atoms with Crippen LogP contribution in [0.5, 0.6) is 0 Å². The van der Waals surface area contributed by atoms with Crippen molar-refractivity contribution in [2.75, 3.05) is 0 Å². The third-order valence-corrected chi connectivity index (χ3v) is 2.44. The number of hydrogen-bond acceptors (Lipinski definition) is 4. The van der Waals surface area contributed by atoms with E-state index in [1.54, 1.807) is 25.1 Å². The highest BCUT2D eigenvalue weighted by Crippen LogP contribution is 2.08. The molecule has 2 rings (SSSR count). The molecule has 94 valence electrons. The van der Waals surface area contributed by atoms with Gasteiger partial charge < -0.3 is 5.32 Å². The van der Waals surface area contributed by atoms with Gasteiger partial charge in [-0.05, 0) is 18.6 Å². The SMILES string of the molecule is CC(NC(=O)Cc1ccccc1F)c1nn[nH]n1. The Labute approximate surface area is 103 Å². The molecule has 1 aromatic heterocycles. The van der Waals surface area contributed by atoms with Crippen molar-refractivity contribution in [2.45, 2.75) is 19.4 Å². The van der Waals surface area contributed by atoms with E-state index < -0.39 is 0 Å². The monoisotopic (exact) mass is 249 g/mol. The van der Waals surface area contributed by atoms with Crippen molar-refractivity contribution in [2.24, 2.45) is 0 Å². The molecule has 0 bridgehead atoms. The number of tetrazole rings is 1. The third kappa shape index (κ3) is 2.88. The van der Waals surface area contributed by atoms with Gasteiger partial charge in [0.05, 0.1) is 12.5 Å². The number of aromatic nitrogens is 4. The largest absolute Gasteiger partial charge is 0.346 e. The molecule has 0 spiro atoms. The number of H-pyrrole nitrogens is 1. The van der Waals surface area contributed by atoms with E-state index in [1.165, 1.54) is 6.07 Å². The third-order valence-electron chi connectivity index (χ3n) is 2.44. The van der Waals surface area contributed by atoms with Crippen LogP contribution in [-0.2, 0) is 11.2 Å². The summed E-state index contributed by atoms with van der Waals surface area (Å²) >= 11 is 0. The Morgan fingerprint density at radius 2 is 2.28 bits per heavy atom. The van der Waals surface area contributed by atoms with Crippen LogP contribution in [0.25, 0.3) is 0 Å². The normalized spacial score (nSPS) is 12.1. The second-order valence-electron chi connectivity index (χ2n) is 3.83. The van der Waals surface area contributed by atoms with Crippen molar-refractivity contribution in [1.82, 2.24) is 25.9 Å². The van der Waals surface area contributed by atoms with Crippen LogP contribution < -0.4 is 5.32 Å². The molecular formula is C11H12FN5O. The summed E-state index contributed by atoms with van der Waals surface area (Å²) in [5.41, 5.74) is 0.357. The van der Waals surface area contributed by atoms with Crippen molar-refractivity contribution in [3.05, 3.63) is 41.5 Å². The predicted molar refractivity (Wildman–Crippen MR) is 60.8 cm³/mol. The maximum absolute atomic E-state index is 13.3. The summed E-state index contributed by atoms with van der Waals surface area (Å²) < 4.78 is 13.3. The van der Waals surface area contributed by atoms with Crippen LogP contribution in [-0.4, -0.2) is 26.5 Å². The van der Waals surface area contributed by atoms with Crippen molar-refractivity contribution in [1.29, 1.82) is 0 Å². The number of hydrogen-bond donors (Lipinski definition) is 2. The van der Waals surface area contributed by atoms with Crippen molar-refractivity contribution < 1.29 is 9.18 Å². The highest BCUT2D eigenvalue weighted by molar-refractivity contribution is 5.78. The van der Waals surface area contributed by atoms with Gasteiger partial charge in [0.25, 0.3) is 0 Å². The van der Waals surface area contributed by atoms with Crippen LogP contribution >= 0.6 is 0 Å². The molecule has 6 nitrogen and oxygen atoms in total. The first-order valence-electron chi connectivity index (χ1n) is 5.43. The van der Waals surface area contributed by atoms with Crippen molar-refractivity contribution in [3.8, 4) is 0 Å².